The Bertz CT molecular complexity index is 915. The number of carbonyl (C=O) groups excluding carboxylic acids is 1. The van der Waals surface area contributed by atoms with E-state index in [0.29, 0.717) is 17.0 Å². The molecule has 0 bridgehead atoms. The molecule has 5 heteroatoms. The molecule has 2 heterocycles. The van der Waals surface area contributed by atoms with Crippen LogP contribution < -0.4 is 5.32 Å². The van der Waals surface area contributed by atoms with Crippen molar-refractivity contribution in [3.8, 4) is 11.8 Å². The first kappa shape index (κ1) is 15.6. The molecule has 1 N–H and O–H groups in total. The molecule has 5 nitrogen and oxygen atoms in total. The van der Waals surface area contributed by atoms with Crippen LogP contribution in [0, 0.1) is 25.2 Å². The Labute approximate surface area is 140 Å². The SMILES string of the molecule is Cc1ccc(-n2ccc(C#N)c2C(=O)NCc2ccco2)c(C)c1. The Kier molecular flexibility index (Phi) is 4.21. The summed E-state index contributed by atoms with van der Waals surface area (Å²) in [7, 11) is 0. The molecule has 0 aliphatic rings. The van der Waals surface area contributed by atoms with Crippen molar-refractivity contribution in [1.82, 2.24) is 9.88 Å². The molecule has 24 heavy (non-hydrogen) atoms. The maximum Gasteiger partial charge on any atom is 0.270 e. The summed E-state index contributed by atoms with van der Waals surface area (Å²) in [6.07, 6.45) is 3.30. The van der Waals surface area contributed by atoms with E-state index in [0.717, 1.165) is 16.8 Å². The summed E-state index contributed by atoms with van der Waals surface area (Å²) in [5, 5.41) is 12.1. The Morgan fingerprint density at radius 2 is 2.12 bits per heavy atom. The van der Waals surface area contributed by atoms with Gasteiger partial charge < -0.3 is 14.3 Å². The number of carbonyl (C=O) groups is 1. The summed E-state index contributed by atoms with van der Waals surface area (Å²) in [5.41, 5.74) is 3.73. The predicted molar refractivity (Wildman–Crippen MR) is 89.8 cm³/mol. The minimum Gasteiger partial charge on any atom is -0.467 e. The monoisotopic (exact) mass is 319 g/mol. The number of nitriles is 1. The number of hydrogen-bond acceptors (Lipinski definition) is 3. The number of aromatic nitrogens is 1. The fraction of sp³-hybridized carbons (Fsp3) is 0.158. The summed E-state index contributed by atoms with van der Waals surface area (Å²) >= 11 is 0. The molecule has 0 fully saturated rings. The van der Waals surface area contributed by atoms with Crippen LogP contribution in [0.3, 0.4) is 0 Å². The fourth-order valence-electron chi connectivity index (χ4n) is 2.69. The van der Waals surface area contributed by atoms with Gasteiger partial charge in [-0.25, -0.2) is 0 Å². The van der Waals surface area contributed by atoms with Crippen molar-refractivity contribution in [3.05, 3.63) is 77.0 Å². The van der Waals surface area contributed by atoms with Crippen LogP contribution in [-0.4, -0.2) is 10.5 Å². The molecule has 2 aromatic heterocycles. The van der Waals surface area contributed by atoms with Gasteiger partial charge in [0.05, 0.1) is 18.4 Å². The highest BCUT2D eigenvalue weighted by Crippen LogP contribution is 2.21. The summed E-state index contributed by atoms with van der Waals surface area (Å²) in [6.45, 7) is 4.28. The van der Waals surface area contributed by atoms with Crippen molar-refractivity contribution >= 4 is 5.91 Å². The van der Waals surface area contributed by atoms with Gasteiger partial charge >= 0.3 is 0 Å². The summed E-state index contributed by atoms with van der Waals surface area (Å²) in [4.78, 5) is 12.6. The van der Waals surface area contributed by atoms with E-state index in [4.69, 9.17) is 4.42 Å². The van der Waals surface area contributed by atoms with Crippen LogP contribution >= 0.6 is 0 Å². The Hall–Kier alpha value is -3.26. The van der Waals surface area contributed by atoms with Crippen molar-refractivity contribution in [2.24, 2.45) is 0 Å². The number of aryl methyl sites for hydroxylation is 2. The largest absolute Gasteiger partial charge is 0.467 e. The minimum absolute atomic E-state index is 0.273. The van der Waals surface area contributed by atoms with E-state index in [9.17, 15) is 10.1 Å². The fourth-order valence-corrected chi connectivity index (χ4v) is 2.69. The van der Waals surface area contributed by atoms with Crippen LogP contribution in [0.1, 0.15) is 32.9 Å². The first-order valence-corrected chi connectivity index (χ1v) is 7.60. The van der Waals surface area contributed by atoms with Gasteiger partial charge in [0.1, 0.15) is 17.5 Å². The van der Waals surface area contributed by atoms with Gasteiger partial charge in [0.2, 0.25) is 0 Å². The van der Waals surface area contributed by atoms with E-state index in [1.165, 1.54) is 0 Å². The van der Waals surface area contributed by atoms with Crippen molar-refractivity contribution in [2.75, 3.05) is 0 Å². The molecule has 3 rings (SSSR count). The van der Waals surface area contributed by atoms with Crippen LogP contribution in [0.15, 0.2) is 53.3 Å². The maximum absolute atomic E-state index is 12.6. The summed E-state index contributed by atoms with van der Waals surface area (Å²) in [6, 6.07) is 13.3. The van der Waals surface area contributed by atoms with Gasteiger partial charge in [0.25, 0.3) is 5.91 Å². The van der Waals surface area contributed by atoms with Crippen molar-refractivity contribution in [2.45, 2.75) is 20.4 Å². The van der Waals surface area contributed by atoms with Crippen LogP contribution in [0.25, 0.3) is 5.69 Å². The Balaban J connectivity index is 1.96. The van der Waals surface area contributed by atoms with Crippen LogP contribution in [-0.2, 0) is 6.54 Å². The molecule has 0 saturated carbocycles. The lowest BCUT2D eigenvalue weighted by molar-refractivity contribution is 0.0941. The van der Waals surface area contributed by atoms with Gasteiger partial charge in [-0.15, -0.1) is 0 Å². The van der Waals surface area contributed by atoms with E-state index in [2.05, 4.69) is 11.4 Å². The number of furan rings is 1. The third-order valence-electron chi connectivity index (χ3n) is 3.84. The zero-order chi connectivity index (χ0) is 17.1. The average molecular weight is 319 g/mol. The lowest BCUT2D eigenvalue weighted by Gasteiger charge is -2.13. The second-order valence-corrected chi connectivity index (χ2v) is 5.61. The van der Waals surface area contributed by atoms with Gasteiger partial charge in [-0.05, 0) is 43.7 Å². The quantitative estimate of drug-likeness (QED) is 0.800. The molecule has 0 spiro atoms. The van der Waals surface area contributed by atoms with Gasteiger partial charge in [-0.3, -0.25) is 4.79 Å². The molecular weight excluding hydrogens is 302 g/mol. The lowest BCUT2D eigenvalue weighted by Crippen LogP contribution is -2.26. The summed E-state index contributed by atoms with van der Waals surface area (Å²) < 4.78 is 6.97. The molecule has 0 aliphatic heterocycles. The molecule has 0 atom stereocenters. The van der Waals surface area contributed by atoms with Crippen LogP contribution in [0.4, 0.5) is 0 Å². The third-order valence-corrected chi connectivity index (χ3v) is 3.84. The number of benzene rings is 1. The van der Waals surface area contributed by atoms with Crippen LogP contribution in [0.2, 0.25) is 0 Å². The molecule has 0 radical (unpaired) electrons. The van der Waals surface area contributed by atoms with Crippen molar-refractivity contribution in [3.63, 3.8) is 0 Å². The Morgan fingerprint density at radius 3 is 2.79 bits per heavy atom. The first-order chi connectivity index (χ1) is 11.6. The highest BCUT2D eigenvalue weighted by atomic mass is 16.3. The second kappa shape index (κ2) is 6.47. The topological polar surface area (TPSA) is 71.0 Å². The number of nitrogens with one attached hydrogen (secondary N) is 1. The number of hydrogen-bond donors (Lipinski definition) is 1. The standard InChI is InChI=1S/C19H17N3O2/c1-13-5-6-17(14(2)10-13)22-8-7-15(11-20)18(22)19(23)21-12-16-4-3-9-24-16/h3-10H,12H2,1-2H3,(H,21,23). The van der Waals surface area contributed by atoms with Gasteiger partial charge in [0.15, 0.2) is 0 Å². The molecular formula is C19H17N3O2. The third kappa shape index (κ3) is 2.95. The molecule has 1 amide bonds. The van der Waals surface area contributed by atoms with Gasteiger partial charge in [0, 0.05) is 11.9 Å². The van der Waals surface area contributed by atoms with E-state index in [1.807, 2.05) is 32.0 Å². The average Bonchev–Trinajstić information content (AvgIpc) is 3.22. The lowest BCUT2D eigenvalue weighted by atomic mass is 10.1. The normalized spacial score (nSPS) is 10.4. The smallest absolute Gasteiger partial charge is 0.270 e. The Morgan fingerprint density at radius 1 is 1.29 bits per heavy atom. The summed E-state index contributed by atoms with van der Waals surface area (Å²) in [5.74, 6) is 0.347. The van der Waals surface area contributed by atoms with E-state index >= 15 is 0 Å². The number of rotatable bonds is 4. The minimum atomic E-state index is -0.312. The zero-order valence-electron chi connectivity index (χ0n) is 13.5. The van der Waals surface area contributed by atoms with Crippen LogP contribution in [0.5, 0.6) is 0 Å². The first-order valence-electron chi connectivity index (χ1n) is 7.60. The second-order valence-electron chi connectivity index (χ2n) is 5.61. The zero-order valence-corrected chi connectivity index (χ0v) is 13.5. The highest BCUT2D eigenvalue weighted by molar-refractivity contribution is 5.95. The van der Waals surface area contributed by atoms with Gasteiger partial charge in [-0.1, -0.05) is 17.7 Å². The maximum atomic E-state index is 12.6. The van der Waals surface area contributed by atoms with Crippen molar-refractivity contribution < 1.29 is 9.21 Å². The highest BCUT2D eigenvalue weighted by Gasteiger charge is 2.19. The molecule has 0 aliphatic carbocycles. The van der Waals surface area contributed by atoms with E-state index in [-0.39, 0.29) is 12.5 Å². The van der Waals surface area contributed by atoms with Gasteiger partial charge in [-0.2, -0.15) is 5.26 Å². The molecule has 0 saturated heterocycles. The van der Waals surface area contributed by atoms with Crippen molar-refractivity contribution in [1.29, 1.82) is 5.26 Å². The van der Waals surface area contributed by atoms with E-state index < -0.39 is 0 Å². The number of amides is 1. The number of nitrogens with zero attached hydrogens (tertiary/aromatic N) is 2. The molecule has 1 aromatic carbocycles. The molecule has 0 unspecified atom stereocenters. The molecule has 120 valence electrons. The van der Waals surface area contributed by atoms with E-state index in [1.54, 1.807) is 35.2 Å². The predicted octanol–water partition coefficient (Wildman–Crippen LogP) is 3.49. The molecule has 3 aromatic rings.